The Hall–Kier alpha value is -3.41. The molecule has 0 aliphatic rings. The summed E-state index contributed by atoms with van der Waals surface area (Å²) in [4.78, 5) is 34.8. The number of ketones is 1. The first-order valence-electron chi connectivity index (χ1n) is 8.46. The fraction of sp³-hybridized carbons (Fsp3) is 0.190. The van der Waals surface area contributed by atoms with Crippen molar-refractivity contribution in [3.8, 4) is 5.75 Å². The summed E-state index contributed by atoms with van der Waals surface area (Å²) in [5.74, 6) is -0.367. The third-order valence-electron chi connectivity index (χ3n) is 3.48. The number of hydrogen-bond acceptors (Lipinski definition) is 5. The second-order valence-electron chi connectivity index (χ2n) is 5.62. The van der Waals surface area contributed by atoms with Gasteiger partial charge in [-0.25, -0.2) is 4.79 Å². The van der Waals surface area contributed by atoms with Gasteiger partial charge in [-0.15, -0.1) is 0 Å². The fourth-order valence-electron chi connectivity index (χ4n) is 2.22. The quantitative estimate of drug-likeness (QED) is 0.439. The van der Waals surface area contributed by atoms with E-state index in [4.69, 9.17) is 9.47 Å². The molecule has 0 heterocycles. The molecule has 0 saturated carbocycles. The van der Waals surface area contributed by atoms with Gasteiger partial charge in [0.2, 0.25) is 5.91 Å². The number of rotatable bonds is 8. The van der Waals surface area contributed by atoms with Crippen molar-refractivity contribution in [1.82, 2.24) is 0 Å². The predicted molar refractivity (Wildman–Crippen MR) is 103 cm³/mol. The smallest absolute Gasteiger partial charge is 0.331 e. The highest BCUT2D eigenvalue weighted by Crippen LogP contribution is 2.13. The fourth-order valence-corrected chi connectivity index (χ4v) is 2.22. The molecule has 0 radical (unpaired) electrons. The number of benzene rings is 2. The van der Waals surface area contributed by atoms with Gasteiger partial charge in [-0.2, -0.15) is 0 Å². The Morgan fingerprint density at radius 3 is 2.26 bits per heavy atom. The Labute approximate surface area is 157 Å². The van der Waals surface area contributed by atoms with E-state index in [1.54, 1.807) is 30.3 Å². The molecule has 1 amide bonds. The lowest BCUT2D eigenvalue weighted by Crippen LogP contribution is -2.13. The van der Waals surface area contributed by atoms with Crippen molar-refractivity contribution in [2.45, 2.75) is 13.8 Å². The molecule has 0 aliphatic carbocycles. The molecule has 2 rings (SSSR count). The van der Waals surface area contributed by atoms with Crippen LogP contribution in [0.15, 0.2) is 54.6 Å². The van der Waals surface area contributed by atoms with E-state index in [-0.39, 0.29) is 18.3 Å². The maximum Gasteiger partial charge on any atom is 0.331 e. The minimum absolute atomic E-state index is 0.192. The van der Waals surface area contributed by atoms with Gasteiger partial charge in [-0.05, 0) is 55.0 Å². The molecule has 0 bridgehead atoms. The molecule has 2 aromatic rings. The Balaban J connectivity index is 1.83. The number of nitrogens with one attached hydrogen (secondary N) is 1. The van der Waals surface area contributed by atoms with Crippen molar-refractivity contribution < 1.29 is 23.9 Å². The first-order valence-corrected chi connectivity index (χ1v) is 8.46. The zero-order chi connectivity index (χ0) is 19.6. The standard InChI is InChI=1S/C21H21NO5/c1-3-26-19-11-4-16(5-12-19)6-13-21(25)27-14-20(24)17-7-9-18(10-8-17)22-15(2)23/h4-13H,3,14H2,1-2H3,(H,22,23)/b13-6+. The van der Waals surface area contributed by atoms with E-state index in [0.29, 0.717) is 17.9 Å². The van der Waals surface area contributed by atoms with Gasteiger partial charge < -0.3 is 14.8 Å². The first-order chi connectivity index (χ1) is 13.0. The highest BCUT2D eigenvalue weighted by atomic mass is 16.5. The highest BCUT2D eigenvalue weighted by molar-refractivity contribution is 5.99. The summed E-state index contributed by atoms with van der Waals surface area (Å²) in [6.07, 6.45) is 2.87. The molecule has 0 spiro atoms. The van der Waals surface area contributed by atoms with Crippen LogP contribution in [0.3, 0.4) is 0 Å². The van der Waals surface area contributed by atoms with Crippen molar-refractivity contribution in [1.29, 1.82) is 0 Å². The van der Waals surface area contributed by atoms with Crippen molar-refractivity contribution in [2.24, 2.45) is 0 Å². The number of amides is 1. The van der Waals surface area contributed by atoms with Crippen LogP contribution in [0.4, 0.5) is 5.69 Å². The zero-order valence-electron chi connectivity index (χ0n) is 15.2. The normalized spacial score (nSPS) is 10.4. The van der Waals surface area contributed by atoms with Crippen molar-refractivity contribution in [3.05, 3.63) is 65.7 Å². The molecule has 0 saturated heterocycles. The van der Waals surface area contributed by atoms with Crippen LogP contribution in [-0.4, -0.2) is 30.9 Å². The Bertz CT molecular complexity index is 823. The van der Waals surface area contributed by atoms with E-state index < -0.39 is 5.97 Å². The maximum absolute atomic E-state index is 12.1. The van der Waals surface area contributed by atoms with Crippen LogP contribution >= 0.6 is 0 Å². The molecule has 140 valence electrons. The van der Waals surface area contributed by atoms with E-state index in [1.165, 1.54) is 13.0 Å². The number of anilines is 1. The summed E-state index contributed by atoms with van der Waals surface area (Å²) < 4.78 is 10.3. The molecule has 6 nitrogen and oxygen atoms in total. The Morgan fingerprint density at radius 2 is 1.67 bits per heavy atom. The molecule has 6 heteroatoms. The lowest BCUT2D eigenvalue weighted by molar-refractivity contribution is -0.136. The number of ether oxygens (including phenoxy) is 2. The van der Waals surface area contributed by atoms with Gasteiger partial charge in [-0.3, -0.25) is 9.59 Å². The predicted octanol–water partition coefficient (Wildman–Crippen LogP) is 3.48. The van der Waals surface area contributed by atoms with Gasteiger partial charge in [0.1, 0.15) is 5.75 Å². The Morgan fingerprint density at radius 1 is 1.00 bits per heavy atom. The van der Waals surface area contributed by atoms with Crippen LogP contribution in [0.25, 0.3) is 6.08 Å². The van der Waals surface area contributed by atoms with Crippen LogP contribution in [0.1, 0.15) is 29.8 Å². The van der Waals surface area contributed by atoms with Crippen LogP contribution in [0.5, 0.6) is 5.75 Å². The van der Waals surface area contributed by atoms with E-state index in [0.717, 1.165) is 11.3 Å². The minimum atomic E-state index is -0.605. The van der Waals surface area contributed by atoms with Crippen LogP contribution < -0.4 is 10.1 Å². The van der Waals surface area contributed by atoms with Gasteiger partial charge in [0.05, 0.1) is 6.61 Å². The molecule has 0 fully saturated rings. The average molecular weight is 367 g/mol. The third kappa shape index (κ3) is 6.78. The van der Waals surface area contributed by atoms with E-state index in [9.17, 15) is 14.4 Å². The molecule has 2 aromatic carbocycles. The molecule has 27 heavy (non-hydrogen) atoms. The highest BCUT2D eigenvalue weighted by Gasteiger charge is 2.08. The van der Waals surface area contributed by atoms with Gasteiger partial charge in [0, 0.05) is 24.3 Å². The van der Waals surface area contributed by atoms with Gasteiger partial charge in [0.15, 0.2) is 12.4 Å². The van der Waals surface area contributed by atoms with Gasteiger partial charge in [-0.1, -0.05) is 12.1 Å². The summed E-state index contributed by atoms with van der Waals surface area (Å²) in [5.41, 5.74) is 1.80. The monoisotopic (exact) mass is 367 g/mol. The summed E-state index contributed by atoms with van der Waals surface area (Å²) in [7, 11) is 0. The second-order valence-corrected chi connectivity index (χ2v) is 5.62. The van der Waals surface area contributed by atoms with Crippen molar-refractivity contribution >= 4 is 29.4 Å². The molecule has 1 N–H and O–H groups in total. The summed E-state index contributed by atoms with van der Waals surface area (Å²) in [6.45, 7) is 3.54. The molecule has 0 atom stereocenters. The summed E-state index contributed by atoms with van der Waals surface area (Å²) in [6, 6.07) is 13.6. The van der Waals surface area contributed by atoms with Crippen molar-refractivity contribution in [3.63, 3.8) is 0 Å². The molecule has 0 unspecified atom stereocenters. The number of carbonyl (C=O) groups is 3. The largest absolute Gasteiger partial charge is 0.494 e. The van der Waals surface area contributed by atoms with Gasteiger partial charge >= 0.3 is 5.97 Å². The first kappa shape index (κ1) is 19.9. The lowest BCUT2D eigenvalue weighted by Gasteiger charge is -2.05. The zero-order valence-corrected chi connectivity index (χ0v) is 15.2. The number of Topliss-reactive ketones (excluding diaryl/α,β-unsaturated/α-hetero) is 1. The summed E-state index contributed by atoms with van der Waals surface area (Å²) >= 11 is 0. The van der Waals surface area contributed by atoms with Crippen LogP contribution in [-0.2, 0) is 14.3 Å². The Kier molecular flexibility index (Phi) is 7.31. The number of esters is 1. The summed E-state index contributed by atoms with van der Waals surface area (Å²) in [5, 5.41) is 2.61. The van der Waals surface area contributed by atoms with Crippen LogP contribution in [0.2, 0.25) is 0 Å². The lowest BCUT2D eigenvalue weighted by atomic mass is 10.1. The number of hydrogen-bond donors (Lipinski definition) is 1. The van der Waals surface area contributed by atoms with E-state index >= 15 is 0 Å². The molecule has 0 aromatic heterocycles. The number of carbonyl (C=O) groups excluding carboxylic acids is 3. The third-order valence-corrected chi connectivity index (χ3v) is 3.48. The van der Waals surface area contributed by atoms with E-state index in [2.05, 4.69) is 5.32 Å². The second kappa shape index (κ2) is 9.91. The van der Waals surface area contributed by atoms with Gasteiger partial charge in [0.25, 0.3) is 0 Å². The molecular formula is C21H21NO5. The van der Waals surface area contributed by atoms with Crippen molar-refractivity contribution in [2.75, 3.05) is 18.5 Å². The van der Waals surface area contributed by atoms with E-state index in [1.807, 2.05) is 31.2 Å². The molecule has 0 aliphatic heterocycles. The van der Waals surface area contributed by atoms with Crippen LogP contribution in [0, 0.1) is 0 Å². The average Bonchev–Trinajstić information content (AvgIpc) is 2.66. The minimum Gasteiger partial charge on any atom is -0.494 e. The topological polar surface area (TPSA) is 81.7 Å². The molecular weight excluding hydrogens is 346 g/mol. The SMILES string of the molecule is CCOc1ccc(/C=C/C(=O)OCC(=O)c2ccc(NC(C)=O)cc2)cc1. The maximum atomic E-state index is 12.1.